The largest absolute Gasteiger partial charge is 0.497 e. The Morgan fingerprint density at radius 2 is 1.67 bits per heavy atom. The van der Waals surface area contributed by atoms with Crippen molar-refractivity contribution in [3.63, 3.8) is 0 Å². The molecule has 1 fully saturated rings. The highest BCUT2D eigenvalue weighted by Gasteiger charge is 2.44. The molecule has 0 bridgehead atoms. The normalized spacial score (nSPS) is 16.3. The lowest BCUT2D eigenvalue weighted by Crippen LogP contribution is -2.60. The number of benzene rings is 1. The number of hydrogen-bond donors (Lipinski definition) is 2. The van der Waals surface area contributed by atoms with Gasteiger partial charge in [-0.15, -0.1) is 0 Å². The number of rotatable bonds is 7. The molecule has 0 aromatic heterocycles. The van der Waals surface area contributed by atoms with Crippen LogP contribution in [0.1, 0.15) is 52.0 Å². The minimum Gasteiger partial charge on any atom is -0.497 e. The number of carbonyl (C=O) groups is 3. The first-order chi connectivity index (χ1) is 14.1. The highest BCUT2D eigenvalue weighted by molar-refractivity contribution is 5.93. The van der Waals surface area contributed by atoms with Crippen LogP contribution in [0.25, 0.3) is 0 Å². The molecule has 1 aliphatic rings. The summed E-state index contributed by atoms with van der Waals surface area (Å²) in [7, 11) is 2.85. The third-order valence-corrected chi connectivity index (χ3v) is 5.02. The maximum Gasteiger partial charge on any atom is 0.408 e. The summed E-state index contributed by atoms with van der Waals surface area (Å²) in [5.74, 6) is -0.261. The summed E-state index contributed by atoms with van der Waals surface area (Å²) in [5, 5.41) is 5.53. The van der Waals surface area contributed by atoms with Crippen molar-refractivity contribution in [2.24, 2.45) is 0 Å². The van der Waals surface area contributed by atoms with Crippen molar-refractivity contribution in [3.8, 4) is 5.75 Å². The van der Waals surface area contributed by atoms with Gasteiger partial charge in [-0.3, -0.25) is 4.79 Å². The Kier molecular flexibility index (Phi) is 7.70. The fraction of sp³-hybridized carbons (Fsp3) is 0.591. The number of methoxy groups -OCH3 is 2. The van der Waals surface area contributed by atoms with E-state index in [1.165, 1.54) is 7.11 Å². The number of esters is 1. The van der Waals surface area contributed by atoms with Gasteiger partial charge in [0.2, 0.25) is 5.91 Å². The molecule has 0 unspecified atom stereocenters. The van der Waals surface area contributed by atoms with Crippen molar-refractivity contribution in [3.05, 3.63) is 29.8 Å². The molecule has 8 nitrogen and oxygen atoms in total. The van der Waals surface area contributed by atoms with Gasteiger partial charge in [0.25, 0.3) is 0 Å². The Morgan fingerprint density at radius 3 is 2.17 bits per heavy atom. The average Bonchev–Trinajstić information content (AvgIpc) is 3.15. The molecular formula is C22H32N2O6. The monoisotopic (exact) mass is 420 g/mol. The summed E-state index contributed by atoms with van der Waals surface area (Å²) in [5.41, 5.74) is -0.940. The van der Waals surface area contributed by atoms with Crippen LogP contribution in [0.5, 0.6) is 5.75 Å². The van der Waals surface area contributed by atoms with Crippen molar-refractivity contribution in [2.45, 2.75) is 70.1 Å². The molecule has 1 atom stereocenters. The van der Waals surface area contributed by atoms with Gasteiger partial charge < -0.3 is 24.8 Å². The molecule has 1 aliphatic carbocycles. The van der Waals surface area contributed by atoms with E-state index in [4.69, 9.17) is 14.2 Å². The number of ether oxygens (including phenoxy) is 3. The zero-order valence-corrected chi connectivity index (χ0v) is 18.4. The van der Waals surface area contributed by atoms with Crippen LogP contribution in [0.15, 0.2) is 24.3 Å². The van der Waals surface area contributed by atoms with Gasteiger partial charge >= 0.3 is 12.1 Å². The quantitative estimate of drug-likeness (QED) is 0.658. The van der Waals surface area contributed by atoms with Crippen molar-refractivity contribution in [1.82, 2.24) is 10.6 Å². The molecule has 0 saturated heterocycles. The van der Waals surface area contributed by atoms with Crippen LogP contribution in [0.2, 0.25) is 0 Å². The van der Waals surface area contributed by atoms with Crippen molar-refractivity contribution in [2.75, 3.05) is 14.2 Å². The topological polar surface area (TPSA) is 103 Å². The molecule has 166 valence electrons. The van der Waals surface area contributed by atoms with E-state index >= 15 is 0 Å². The van der Waals surface area contributed by atoms with Gasteiger partial charge in [0, 0.05) is 6.42 Å². The zero-order valence-electron chi connectivity index (χ0n) is 18.4. The minimum absolute atomic E-state index is 0.255. The molecule has 8 heteroatoms. The molecule has 0 spiro atoms. The summed E-state index contributed by atoms with van der Waals surface area (Å²) in [4.78, 5) is 37.8. The molecular weight excluding hydrogens is 388 g/mol. The van der Waals surface area contributed by atoms with Crippen molar-refractivity contribution in [1.29, 1.82) is 0 Å². The molecule has 0 radical (unpaired) electrons. The van der Waals surface area contributed by atoms with Crippen LogP contribution in [0.4, 0.5) is 4.79 Å². The van der Waals surface area contributed by atoms with E-state index in [2.05, 4.69) is 10.6 Å². The Hall–Kier alpha value is -2.77. The van der Waals surface area contributed by atoms with E-state index in [0.717, 1.165) is 18.4 Å². The van der Waals surface area contributed by atoms with Gasteiger partial charge in [0.15, 0.2) is 0 Å². The lowest BCUT2D eigenvalue weighted by molar-refractivity contribution is -0.145. The van der Waals surface area contributed by atoms with Crippen molar-refractivity contribution >= 4 is 18.0 Å². The first kappa shape index (κ1) is 23.5. The Balaban J connectivity index is 2.14. The molecule has 0 aliphatic heterocycles. The summed E-state index contributed by atoms with van der Waals surface area (Å²) in [6.07, 6.45) is 2.16. The second kappa shape index (κ2) is 9.82. The Labute approximate surface area is 177 Å². The van der Waals surface area contributed by atoms with Crippen LogP contribution >= 0.6 is 0 Å². The predicted molar refractivity (Wildman–Crippen MR) is 111 cm³/mol. The molecule has 1 aromatic carbocycles. The lowest BCUT2D eigenvalue weighted by atomic mass is 9.95. The third-order valence-electron chi connectivity index (χ3n) is 5.02. The summed E-state index contributed by atoms with van der Waals surface area (Å²) < 4.78 is 15.4. The highest BCUT2D eigenvalue weighted by atomic mass is 16.6. The van der Waals surface area contributed by atoms with Gasteiger partial charge in [-0.25, -0.2) is 9.59 Å². The zero-order chi connectivity index (χ0) is 22.4. The number of nitrogens with one attached hydrogen (secondary N) is 2. The van der Waals surface area contributed by atoms with Crippen LogP contribution in [0, 0.1) is 0 Å². The Bertz CT molecular complexity index is 748. The third kappa shape index (κ3) is 6.37. The van der Waals surface area contributed by atoms with E-state index in [-0.39, 0.29) is 6.42 Å². The first-order valence-corrected chi connectivity index (χ1v) is 10.1. The number of amides is 2. The van der Waals surface area contributed by atoms with E-state index < -0.39 is 35.2 Å². The SMILES string of the molecule is COC(=O)[C@H](Cc1ccc(OC)cc1)NC(=O)C1(NC(=O)OC(C)(C)C)CCCC1. The van der Waals surface area contributed by atoms with Gasteiger partial charge in [0.1, 0.15) is 22.9 Å². The van der Waals surface area contributed by atoms with Crippen LogP contribution < -0.4 is 15.4 Å². The van der Waals surface area contributed by atoms with Gasteiger partial charge in [-0.1, -0.05) is 25.0 Å². The molecule has 2 amide bonds. The van der Waals surface area contributed by atoms with E-state index in [0.29, 0.717) is 18.6 Å². The average molecular weight is 421 g/mol. The Morgan fingerprint density at radius 1 is 1.07 bits per heavy atom. The van der Waals surface area contributed by atoms with Gasteiger partial charge in [-0.2, -0.15) is 0 Å². The molecule has 1 aromatic rings. The molecule has 1 saturated carbocycles. The summed E-state index contributed by atoms with van der Waals surface area (Å²) in [6, 6.07) is 6.34. The van der Waals surface area contributed by atoms with E-state index in [1.54, 1.807) is 40.0 Å². The smallest absolute Gasteiger partial charge is 0.408 e. The number of hydrogen-bond acceptors (Lipinski definition) is 6. The lowest BCUT2D eigenvalue weighted by Gasteiger charge is -2.32. The van der Waals surface area contributed by atoms with Gasteiger partial charge in [0.05, 0.1) is 14.2 Å². The van der Waals surface area contributed by atoms with E-state index in [9.17, 15) is 14.4 Å². The van der Waals surface area contributed by atoms with Crippen LogP contribution in [-0.2, 0) is 25.5 Å². The number of alkyl carbamates (subject to hydrolysis) is 1. The fourth-order valence-electron chi connectivity index (χ4n) is 3.52. The fourth-order valence-corrected chi connectivity index (χ4v) is 3.52. The molecule has 0 heterocycles. The molecule has 2 N–H and O–H groups in total. The minimum atomic E-state index is -1.10. The summed E-state index contributed by atoms with van der Waals surface area (Å²) >= 11 is 0. The standard InChI is InChI=1S/C22H32N2O6/c1-21(2,3)30-20(27)24-22(12-6-7-13-22)19(26)23-17(18(25)29-5)14-15-8-10-16(28-4)11-9-15/h8-11,17H,6-7,12-14H2,1-5H3,(H,23,26)(H,24,27)/t17-/m0/s1. The summed E-state index contributed by atoms with van der Waals surface area (Å²) in [6.45, 7) is 5.28. The van der Waals surface area contributed by atoms with E-state index in [1.807, 2.05) is 12.1 Å². The van der Waals surface area contributed by atoms with Crippen LogP contribution in [0.3, 0.4) is 0 Å². The van der Waals surface area contributed by atoms with Crippen LogP contribution in [-0.4, -0.2) is 49.4 Å². The van der Waals surface area contributed by atoms with Crippen molar-refractivity contribution < 1.29 is 28.6 Å². The maximum absolute atomic E-state index is 13.2. The predicted octanol–water partition coefficient (Wildman–Crippen LogP) is 2.73. The number of carbonyl (C=O) groups excluding carboxylic acids is 3. The second-order valence-electron chi connectivity index (χ2n) is 8.52. The first-order valence-electron chi connectivity index (χ1n) is 10.1. The maximum atomic E-state index is 13.2. The second-order valence-corrected chi connectivity index (χ2v) is 8.52. The molecule has 2 rings (SSSR count). The molecule has 30 heavy (non-hydrogen) atoms. The highest BCUT2D eigenvalue weighted by Crippen LogP contribution is 2.30. The van der Waals surface area contributed by atoms with Gasteiger partial charge in [-0.05, 0) is 51.3 Å².